The zero-order chi connectivity index (χ0) is 7.40. The van der Waals surface area contributed by atoms with E-state index in [1.807, 2.05) is 30.3 Å². The predicted octanol–water partition coefficient (Wildman–Crippen LogP) is 1.91. The first-order valence-corrected chi connectivity index (χ1v) is 9.84. The first-order valence-electron chi connectivity index (χ1n) is 2.75. The molecule has 1 unspecified atom stereocenters. The molecule has 54 valence electrons. The molecular formula is C6H7AsOS2. The van der Waals surface area contributed by atoms with Crippen LogP contribution in [0, 0.1) is 0 Å². The predicted molar refractivity (Wildman–Crippen MR) is 50.8 cm³/mol. The van der Waals surface area contributed by atoms with Crippen LogP contribution in [0.25, 0.3) is 0 Å². The van der Waals surface area contributed by atoms with Crippen molar-refractivity contribution in [3.63, 3.8) is 0 Å². The van der Waals surface area contributed by atoms with Gasteiger partial charge in [0.2, 0.25) is 0 Å². The van der Waals surface area contributed by atoms with Crippen molar-refractivity contribution in [2.75, 3.05) is 0 Å². The van der Waals surface area contributed by atoms with Gasteiger partial charge in [0.05, 0.1) is 0 Å². The van der Waals surface area contributed by atoms with Gasteiger partial charge in [0.15, 0.2) is 0 Å². The van der Waals surface area contributed by atoms with Crippen LogP contribution in [0.15, 0.2) is 30.3 Å². The summed E-state index contributed by atoms with van der Waals surface area (Å²) < 4.78 is 5.26. The number of rotatable bonds is 2. The molecule has 0 aliphatic heterocycles. The summed E-state index contributed by atoms with van der Waals surface area (Å²) >= 11 is -1.85. The molecule has 0 saturated carbocycles. The third kappa shape index (κ3) is 2.82. The fraction of sp³-hybridized carbons (Fsp3) is 0. The van der Waals surface area contributed by atoms with Gasteiger partial charge in [-0.2, -0.15) is 0 Å². The summed E-state index contributed by atoms with van der Waals surface area (Å²) in [5.74, 6) is 0.836. The molecule has 0 fully saturated rings. The van der Waals surface area contributed by atoms with Crippen molar-refractivity contribution in [1.29, 1.82) is 0 Å². The van der Waals surface area contributed by atoms with E-state index in [-0.39, 0.29) is 0 Å². The van der Waals surface area contributed by atoms with Gasteiger partial charge in [-0.3, -0.25) is 0 Å². The molecule has 0 aromatic heterocycles. The van der Waals surface area contributed by atoms with Crippen LogP contribution in [0.3, 0.4) is 0 Å². The van der Waals surface area contributed by atoms with Crippen molar-refractivity contribution in [3.8, 4) is 5.75 Å². The molecule has 1 aromatic rings. The molecule has 0 aliphatic rings. The third-order valence-corrected chi connectivity index (χ3v) is 2.72. The molecule has 0 spiro atoms. The summed E-state index contributed by atoms with van der Waals surface area (Å²) in [6.07, 6.45) is 0. The van der Waals surface area contributed by atoms with E-state index in [1.54, 1.807) is 0 Å². The molecule has 0 saturated heterocycles. The van der Waals surface area contributed by atoms with Crippen LogP contribution in [0.2, 0.25) is 0 Å². The minimum absolute atomic E-state index is 0.836. The van der Waals surface area contributed by atoms with Gasteiger partial charge in [-0.25, -0.2) is 0 Å². The first kappa shape index (κ1) is 8.25. The molecule has 0 aliphatic carbocycles. The fourth-order valence-corrected chi connectivity index (χ4v) is 2.35. The van der Waals surface area contributed by atoms with Crippen molar-refractivity contribution in [1.82, 2.24) is 0 Å². The second kappa shape index (κ2) is 4.12. The monoisotopic (exact) mass is 234 g/mol. The van der Waals surface area contributed by atoms with Gasteiger partial charge in [0.1, 0.15) is 0 Å². The SMILES string of the molecule is S=[AsH](S)Oc1ccccc1. The Labute approximate surface area is 73.2 Å². The van der Waals surface area contributed by atoms with E-state index in [2.05, 4.69) is 10.9 Å². The second-order valence-corrected chi connectivity index (χ2v) is 8.83. The Hall–Kier alpha value is 0.148. The van der Waals surface area contributed by atoms with Crippen molar-refractivity contribution >= 4 is 33.4 Å². The van der Waals surface area contributed by atoms with Crippen molar-refractivity contribution < 1.29 is 3.73 Å². The van der Waals surface area contributed by atoms with E-state index in [0.717, 1.165) is 5.75 Å². The summed E-state index contributed by atoms with van der Waals surface area (Å²) in [5, 5.41) is 0. The molecule has 10 heavy (non-hydrogen) atoms. The van der Waals surface area contributed by atoms with Crippen LogP contribution in [-0.4, -0.2) is 12.2 Å². The molecular weight excluding hydrogens is 227 g/mol. The summed E-state index contributed by atoms with van der Waals surface area (Å²) in [4.78, 5) is 0. The molecule has 0 radical (unpaired) electrons. The molecule has 4 heteroatoms. The van der Waals surface area contributed by atoms with Crippen LogP contribution >= 0.6 is 21.3 Å². The Morgan fingerprint density at radius 3 is 2.40 bits per heavy atom. The number of para-hydroxylation sites is 1. The summed E-state index contributed by atoms with van der Waals surface area (Å²) in [5.41, 5.74) is 0. The third-order valence-electron chi connectivity index (χ3n) is 0.948. The van der Waals surface area contributed by atoms with E-state index < -0.39 is 12.2 Å². The molecule has 1 aromatic carbocycles. The van der Waals surface area contributed by atoms with Gasteiger partial charge >= 0.3 is 73.3 Å². The topological polar surface area (TPSA) is 9.23 Å². The van der Waals surface area contributed by atoms with Crippen LogP contribution in [0.1, 0.15) is 0 Å². The van der Waals surface area contributed by atoms with Crippen molar-refractivity contribution in [3.05, 3.63) is 30.3 Å². The summed E-state index contributed by atoms with van der Waals surface area (Å²) in [7, 11) is 8.94. The van der Waals surface area contributed by atoms with E-state index in [9.17, 15) is 0 Å². The van der Waals surface area contributed by atoms with Gasteiger partial charge in [-0.15, -0.1) is 0 Å². The van der Waals surface area contributed by atoms with Crippen LogP contribution < -0.4 is 3.73 Å². The first-order chi connectivity index (χ1) is 4.79. The minimum atomic E-state index is -1.85. The van der Waals surface area contributed by atoms with Gasteiger partial charge in [0.25, 0.3) is 0 Å². The molecule has 1 rings (SSSR count). The van der Waals surface area contributed by atoms with Gasteiger partial charge < -0.3 is 0 Å². The average Bonchev–Trinajstić information content (AvgIpc) is 1.88. The van der Waals surface area contributed by atoms with Gasteiger partial charge in [-0.05, 0) is 0 Å². The Morgan fingerprint density at radius 2 is 1.90 bits per heavy atom. The maximum absolute atomic E-state index is 5.26. The second-order valence-electron chi connectivity index (χ2n) is 1.68. The standard InChI is InChI=1S/C6H7AsOS2/c9-7(10)8-6-4-2-1-3-5-6/h1-5,7H,(H,9,10). The Balaban J connectivity index is 2.67. The summed E-state index contributed by atoms with van der Waals surface area (Å²) in [6, 6.07) is 9.54. The van der Waals surface area contributed by atoms with Gasteiger partial charge in [-0.1, -0.05) is 0 Å². The average molecular weight is 234 g/mol. The van der Waals surface area contributed by atoms with E-state index in [4.69, 9.17) is 14.1 Å². The molecule has 0 bridgehead atoms. The van der Waals surface area contributed by atoms with Gasteiger partial charge in [0, 0.05) is 0 Å². The zero-order valence-electron chi connectivity index (χ0n) is 5.15. The van der Waals surface area contributed by atoms with E-state index in [0.29, 0.717) is 0 Å². The number of benzene rings is 1. The zero-order valence-corrected chi connectivity index (χ0v) is 8.96. The maximum atomic E-state index is 5.26. The quantitative estimate of drug-likeness (QED) is 0.618. The Kier molecular flexibility index (Phi) is 3.39. The normalized spacial score (nSPS) is 12.5. The fourth-order valence-electron chi connectivity index (χ4n) is 0.589. The number of hydrogen-bond acceptors (Lipinski definition) is 2. The summed E-state index contributed by atoms with van der Waals surface area (Å²) in [6.45, 7) is 0. The Morgan fingerprint density at radius 1 is 1.30 bits per heavy atom. The van der Waals surface area contributed by atoms with Crippen LogP contribution in [0.4, 0.5) is 0 Å². The number of hydrogen-bond donors (Lipinski definition) is 1. The molecule has 0 amide bonds. The molecule has 0 N–H and O–H groups in total. The molecule has 0 heterocycles. The number of thiol groups is 1. The van der Waals surface area contributed by atoms with E-state index in [1.165, 1.54) is 0 Å². The molecule has 1 atom stereocenters. The van der Waals surface area contributed by atoms with Crippen LogP contribution in [0.5, 0.6) is 5.75 Å². The van der Waals surface area contributed by atoms with Crippen molar-refractivity contribution in [2.45, 2.75) is 0 Å². The molecule has 1 nitrogen and oxygen atoms in total. The van der Waals surface area contributed by atoms with Crippen LogP contribution in [-0.2, 0) is 0 Å². The van der Waals surface area contributed by atoms with E-state index >= 15 is 0 Å². The Bertz CT molecular complexity index is 224. The van der Waals surface area contributed by atoms with Crippen molar-refractivity contribution in [2.24, 2.45) is 0 Å².